The Morgan fingerprint density at radius 1 is 0.547 bits per heavy atom. The zero-order valence-electron chi connectivity index (χ0n) is 32.9. The van der Waals surface area contributed by atoms with E-state index in [4.69, 9.17) is 0 Å². The monoisotopic (exact) mass is 693 g/mol. The Labute approximate surface area is 317 Å². The van der Waals surface area contributed by atoms with Crippen LogP contribution in [0.3, 0.4) is 0 Å². The minimum atomic E-state index is 0.111. The Balaban J connectivity index is 0.986. The standard InChI is InChI=1S/C52H55N/c1-48(2,3)35-15-19-38(20-16-35)53(39-21-23-44-45(30-39)50(6,7)25-24-49(44,4)5)37-17-12-33(13-18-37)34-14-22-43-41(28-34)40-10-8-9-11-42(40)52(43)46-27-32-26-36-29-47(52)51(36,46)31-32/h8-23,28,30,32,36,46-47H,24-27,29,31H2,1-7H3. The summed E-state index contributed by atoms with van der Waals surface area (Å²) in [5.41, 5.74) is 18.3. The topological polar surface area (TPSA) is 3.24 Å². The summed E-state index contributed by atoms with van der Waals surface area (Å²) in [7, 11) is 0. The predicted octanol–water partition coefficient (Wildman–Crippen LogP) is 13.8. The number of hydrogen-bond donors (Lipinski definition) is 0. The molecule has 4 fully saturated rings. The number of anilines is 3. The van der Waals surface area contributed by atoms with Crippen molar-refractivity contribution in [3.05, 3.63) is 137 Å². The molecule has 2 bridgehead atoms. The Morgan fingerprint density at radius 3 is 1.87 bits per heavy atom. The molecule has 5 aromatic carbocycles. The van der Waals surface area contributed by atoms with Crippen LogP contribution in [-0.2, 0) is 21.7 Å². The Hall–Kier alpha value is -4.10. The van der Waals surface area contributed by atoms with Gasteiger partial charge in [0, 0.05) is 22.5 Å². The molecule has 0 heterocycles. The van der Waals surface area contributed by atoms with Crippen molar-refractivity contribution in [3.63, 3.8) is 0 Å². The van der Waals surface area contributed by atoms with Gasteiger partial charge >= 0.3 is 0 Å². The van der Waals surface area contributed by atoms with Crippen molar-refractivity contribution < 1.29 is 0 Å². The fourth-order valence-electron chi connectivity index (χ4n) is 13.6. The molecule has 53 heavy (non-hydrogen) atoms. The van der Waals surface area contributed by atoms with Gasteiger partial charge in [-0.05, 0) is 176 Å². The molecular formula is C52H55N. The van der Waals surface area contributed by atoms with Crippen molar-refractivity contribution in [1.29, 1.82) is 0 Å². The van der Waals surface area contributed by atoms with Gasteiger partial charge in [0.05, 0.1) is 0 Å². The fourth-order valence-corrected chi connectivity index (χ4v) is 13.6. The van der Waals surface area contributed by atoms with E-state index in [1.165, 1.54) is 94.5 Å². The lowest BCUT2D eigenvalue weighted by Crippen LogP contribution is -2.73. The van der Waals surface area contributed by atoms with Crippen molar-refractivity contribution in [2.45, 2.75) is 109 Å². The highest BCUT2D eigenvalue weighted by atomic mass is 15.1. The van der Waals surface area contributed by atoms with E-state index in [-0.39, 0.29) is 21.7 Å². The highest BCUT2D eigenvalue weighted by molar-refractivity contribution is 5.87. The predicted molar refractivity (Wildman–Crippen MR) is 222 cm³/mol. The molecule has 268 valence electrons. The van der Waals surface area contributed by atoms with Crippen molar-refractivity contribution in [3.8, 4) is 22.3 Å². The molecule has 0 aliphatic heterocycles. The van der Waals surface area contributed by atoms with E-state index in [1.54, 1.807) is 11.1 Å². The molecule has 6 aliphatic rings. The number of nitrogens with zero attached hydrogens (tertiary/aromatic N) is 1. The molecule has 0 N–H and O–H groups in total. The molecular weight excluding hydrogens is 639 g/mol. The van der Waals surface area contributed by atoms with Gasteiger partial charge in [0.15, 0.2) is 0 Å². The molecule has 1 heteroatoms. The molecule has 5 aromatic rings. The van der Waals surface area contributed by atoms with Crippen molar-refractivity contribution in [1.82, 2.24) is 0 Å². The van der Waals surface area contributed by atoms with Crippen LogP contribution in [0, 0.1) is 29.1 Å². The second kappa shape index (κ2) is 10.3. The molecule has 1 nitrogen and oxygen atoms in total. The SMILES string of the molecule is CC(C)(C)c1ccc(N(c2ccc(-c3ccc4c(c3)-c3ccccc3C43C4CC5CC6CC3C64C5)cc2)c2ccc3c(c2)C(C)(C)CCC3(C)C)cc1. The summed E-state index contributed by atoms with van der Waals surface area (Å²) in [4.78, 5) is 2.48. The molecule has 6 unspecified atom stereocenters. The van der Waals surface area contributed by atoms with Gasteiger partial charge in [-0.3, -0.25) is 0 Å². The lowest BCUT2D eigenvalue weighted by Gasteiger charge is -2.76. The maximum absolute atomic E-state index is 2.56. The first-order valence-corrected chi connectivity index (χ1v) is 20.7. The third-order valence-corrected chi connectivity index (χ3v) is 16.2. The summed E-state index contributed by atoms with van der Waals surface area (Å²) in [6, 6.07) is 43.1. The minimum absolute atomic E-state index is 0.111. The normalized spacial score (nSPS) is 30.2. The van der Waals surface area contributed by atoms with Crippen molar-refractivity contribution in [2.75, 3.05) is 4.90 Å². The fraction of sp³-hybridized carbons (Fsp3) is 0.423. The molecule has 0 saturated heterocycles. The summed E-state index contributed by atoms with van der Waals surface area (Å²) in [5.74, 6) is 3.72. The third kappa shape index (κ3) is 4.10. The Morgan fingerprint density at radius 2 is 1.15 bits per heavy atom. The smallest absolute Gasteiger partial charge is 0.0464 e. The van der Waals surface area contributed by atoms with Crippen molar-refractivity contribution in [2.24, 2.45) is 29.1 Å². The largest absolute Gasteiger partial charge is 0.310 e. The summed E-state index contributed by atoms with van der Waals surface area (Å²) < 4.78 is 0. The number of rotatable bonds is 4. The first kappa shape index (κ1) is 32.3. The van der Waals surface area contributed by atoms with Crippen LogP contribution in [-0.4, -0.2) is 0 Å². The van der Waals surface area contributed by atoms with Crippen LogP contribution in [0.25, 0.3) is 22.3 Å². The molecule has 6 atom stereocenters. The zero-order chi connectivity index (χ0) is 36.3. The van der Waals surface area contributed by atoms with Crippen LogP contribution in [0.15, 0.2) is 109 Å². The lowest BCUT2D eigenvalue weighted by atomic mass is 9.27. The van der Waals surface area contributed by atoms with Gasteiger partial charge in [-0.1, -0.05) is 115 Å². The highest BCUT2D eigenvalue weighted by Crippen LogP contribution is 2.89. The van der Waals surface area contributed by atoms with Crippen LogP contribution in [0.4, 0.5) is 17.1 Å². The van der Waals surface area contributed by atoms with Gasteiger partial charge in [0.2, 0.25) is 0 Å². The first-order valence-electron chi connectivity index (χ1n) is 20.7. The third-order valence-electron chi connectivity index (χ3n) is 16.2. The molecule has 4 saturated carbocycles. The van der Waals surface area contributed by atoms with Gasteiger partial charge in [-0.15, -0.1) is 0 Å². The summed E-state index contributed by atoms with van der Waals surface area (Å²) in [6.07, 6.45) is 8.40. The van der Waals surface area contributed by atoms with E-state index in [9.17, 15) is 0 Å². The van der Waals surface area contributed by atoms with Gasteiger partial charge in [0.25, 0.3) is 0 Å². The Kier molecular flexibility index (Phi) is 6.31. The van der Waals surface area contributed by atoms with E-state index in [2.05, 4.69) is 163 Å². The second-order valence-electron chi connectivity index (χ2n) is 20.5. The van der Waals surface area contributed by atoms with Crippen molar-refractivity contribution >= 4 is 17.1 Å². The molecule has 2 spiro atoms. The first-order chi connectivity index (χ1) is 25.3. The van der Waals surface area contributed by atoms with Crippen LogP contribution in [0.2, 0.25) is 0 Å². The second-order valence-corrected chi connectivity index (χ2v) is 20.5. The number of fused-ring (bicyclic) bond motifs is 9. The quantitative estimate of drug-likeness (QED) is 0.181. The summed E-state index contributed by atoms with van der Waals surface area (Å²) >= 11 is 0. The van der Waals surface area contributed by atoms with Gasteiger partial charge in [-0.2, -0.15) is 0 Å². The molecule has 6 aliphatic carbocycles. The zero-order valence-corrected chi connectivity index (χ0v) is 32.9. The van der Waals surface area contributed by atoms with Crippen LogP contribution < -0.4 is 4.90 Å². The van der Waals surface area contributed by atoms with Gasteiger partial charge in [-0.25, -0.2) is 0 Å². The van der Waals surface area contributed by atoms with E-state index in [1.807, 2.05) is 0 Å². The Bertz CT molecular complexity index is 2320. The number of hydrogen-bond acceptors (Lipinski definition) is 1. The average molecular weight is 694 g/mol. The maximum atomic E-state index is 2.56. The summed E-state index contributed by atoms with van der Waals surface area (Å²) in [5, 5.41) is 0. The van der Waals surface area contributed by atoms with Gasteiger partial charge < -0.3 is 4.90 Å². The van der Waals surface area contributed by atoms with E-state index in [0.29, 0.717) is 5.41 Å². The summed E-state index contributed by atoms with van der Waals surface area (Å²) in [6.45, 7) is 16.6. The van der Waals surface area contributed by atoms with Crippen LogP contribution in [0.1, 0.15) is 115 Å². The number of benzene rings is 5. The molecule has 0 radical (unpaired) electrons. The average Bonchev–Trinajstić information content (AvgIpc) is 3.77. The molecule has 0 amide bonds. The van der Waals surface area contributed by atoms with Crippen LogP contribution in [0.5, 0.6) is 0 Å². The lowest BCUT2D eigenvalue weighted by molar-refractivity contribution is -0.231. The minimum Gasteiger partial charge on any atom is -0.310 e. The highest BCUT2D eigenvalue weighted by Gasteiger charge is 2.84. The maximum Gasteiger partial charge on any atom is 0.0464 e. The molecule has 0 aromatic heterocycles. The van der Waals surface area contributed by atoms with E-state index >= 15 is 0 Å². The molecule has 11 rings (SSSR count). The van der Waals surface area contributed by atoms with Crippen LogP contribution >= 0.6 is 0 Å². The van der Waals surface area contributed by atoms with E-state index < -0.39 is 0 Å². The van der Waals surface area contributed by atoms with E-state index in [0.717, 1.165) is 23.7 Å². The van der Waals surface area contributed by atoms with Gasteiger partial charge in [0.1, 0.15) is 0 Å².